The molecule has 0 aromatic carbocycles. The molecule has 5 heteroatoms. The summed E-state index contributed by atoms with van der Waals surface area (Å²) in [6.07, 6.45) is 3.56. The molecule has 0 rings (SSSR count). The van der Waals surface area contributed by atoms with Crippen molar-refractivity contribution in [3.63, 3.8) is 0 Å². The quantitative estimate of drug-likeness (QED) is 0.332. The van der Waals surface area contributed by atoms with Gasteiger partial charge in [-0.1, -0.05) is 26.8 Å². The van der Waals surface area contributed by atoms with E-state index in [0.717, 1.165) is 18.8 Å². The summed E-state index contributed by atoms with van der Waals surface area (Å²) < 4.78 is 4.84. The molecule has 0 aromatic rings. The van der Waals surface area contributed by atoms with Gasteiger partial charge in [0.25, 0.3) is 0 Å². The Hall–Kier alpha value is -1.65. The van der Waals surface area contributed by atoms with Crippen LogP contribution >= 0.6 is 0 Å². The molecule has 98 valence electrons. The summed E-state index contributed by atoms with van der Waals surface area (Å²) in [5.41, 5.74) is 0. The average molecular weight is 243 g/mol. The number of ether oxygens (including phenoxy) is 1. The molecular formula is C12H21NO4. The highest BCUT2D eigenvalue weighted by Crippen LogP contribution is 1.99. The molecule has 0 saturated heterocycles. The first kappa shape index (κ1) is 17.7. The number of hydrogen-bond donors (Lipinski definition) is 1. The largest absolute Gasteiger partial charge is 0.442 e. The first-order valence-electron chi connectivity index (χ1n) is 5.55. The highest BCUT2D eigenvalue weighted by atomic mass is 16.6. The maximum Gasteiger partial charge on any atom is 0.304 e. The van der Waals surface area contributed by atoms with Crippen molar-refractivity contribution >= 4 is 18.2 Å². The molecule has 0 saturated carbocycles. The molecule has 0 fully saturated rings. The van der Waals surface area contributed by atoms with E-state index in [0.29, 0.717) is 12.8 Å². The molecule has 0 aromatic heterocycles. The van der Waals surface area contributed by atoms with E-state index >= 15 is 0 Å². The molecule has 0 aliphatic rings. The van der Waals surface area contributed by atoms with Crippen LogP contribution in [-0.4, -0.2) is 24.4 Å². The van der Waals surface area contributed by atoms with Crippen LogP contribution in [0.5, 0.6) is 0 Å². The number of amides is 1. The fraction of sp³-hybridized carbons (Fsp3) is 0.583. The molecular weight excluding hydrogens is 222 g/mol. The van der Waals surface area contributed by atoms with Gasteiger partial charge in [0, 0.05) is 19.8 Å². The lowest BCUT2D eigenvalue weighted by Gasteiger charge is -2.16. The third kappa shape index (κ3) is 14.4. The van der Waals surface area contributed by atoms with Crippen molar-refractivity contribution in [1.29, 1.82) is 0 Å². The Morgan fingerprint density at radius 3 is 2.24 bits per heavy atom. The molecule has 0 aliphatic heterocycles. The Kier molecular flexibility index (Phi) is 13.0. The van der Waals surface area contributed by atoms with Crippen LogP contribution in [0.4, 0.5) is 0 Å². The molecule has 1 unspecified atom stereocenters. The van der Waals surface area contributed by atoms with Gasteiger partial charge in [0.15, 0.2) is 6.23 Å². The number of nitrogens with one attached hydrogen (secondary N) is 1. The van der Waals surface area contributed by atoms with E-state index in [1.54, 1.807) is 0 Å². The van der Waals surface area contributed by atoms with Crippen molar-refractivity contribution in [3.8, 4) is 0 Å². The summed E-state index contributed by atoms with van der Waals surface area (Å²) in [4.78, 5) is 30.6. The van der Waals surface area contributed by atoms with Gasteiger partial charge in [-0.25, -0.2) is 0 Å². The Labute approximate surface area is 102 Å². The van der Waals surface area contributed by atoms with Gasteiger partial charge < -0.3 is 14.8 Å². The maximum absolute atomic E-state index is 10.9. The van der Waals surface area contributed by atoms with Crippen LogP contribution in [0.1, 0.15) is 40.0 Å². The van der Waals surface area contributed by atoms with Gasteiger partial charge in [-0.2, -0.15) is 0 Å². The number of hydrogen-bond acceptors (Lipinski definition) is 4. The van der Waals surface area contributed by atoms with Crippen molar-refractivity contribution in [3.05, 3.63) is 12.7 Å². The van der Waals surface area contributed by atoms with E-state index < -0.39 is 12.2 Å². The summed E-state index contributed by atoms with van der Waals surface area (Å²) >= 11 is 0. The monoisotopic (exact) mass is 243 g/mol. The third-order valence-corrected chi connectivity index (χ3v) is 1.51. The lowest BCUT2D eigenvalue weighted by Crippen LogP contribution is -2.36. The second-order valence-electron chi connectivity index (χ2n) is 3.17. The first-order valence-corrected chi connectivity index (χ1v) is 5.55. The predicted molar refractivity (Wildman–Crippen MR) is 65.2 cm³/mol. The van der Waals surface area contributed by atoms with E-state index in [2.05, 4.69) is 11.9 Å². The van der Waals surface area contributed by atoms with Crippen LogP contribution in [0.25, 0.3) is 0 Å². The zero-order valence-electron chi connectivity index (χ0n) is 10.7. The van der Waals surface area contributed by atoms with Crippen LogP contribution in [0, 0.1) is 0 Å². The highest BCUT2D eigenvalue weighted by molar-refractivity contribution is 5.87. The zero-order chi connectivity index (χ0) is 13.7. The molecule has 1 amide bonds. The smallest absolute Gasteiger partial charge is 0.304 e. The molecule has 17 heavy (non-hydrogen) atoms. The van der Waals surface area contributed by atoms with Gasteiger partial charge in [-0.3, -0.25) is 9.59 Å². The second kappa shape index (κ2) is 12.4. The number of aldehydes is 1. The minimum atomic E-state index is -0.534. The summed E-state index contributed by atoms with van der Waals surface area (Å²) in [6.45, 7) is 8.36. The summed E-state index contributed by atoms with van der Waals surface area (Å²) in [5, 5.41) is 2.50. The van der Waals surface area contributed by atoms with Crippen molar-refractivity contribution < 1.29 is 19.1 Å². The Morgan fingerprint density at radius 2 is 1.94 bits per heavy atom. The van der Waals surface area contributed by atoms with Gasteiger partial charge in [0.2, 0.25) is 5.91 Å². The van der Waals surface area contributed by atoms with E-state index in [1.807, 2.05) is 13.8 Å². The summed E-state index contributed by atoms with van der Waals surface area (Å²) in [5.74, 6) is -0.734. The van der Waals surface area contributed by atoms with Gasteiger partial charge >= 0.3 is 5.97 Å². The van der Waals surface area contributed by atoms with Crippen molar-refractivity contribution in [2.45, 2.75) is 46.3 Å². The lowest BCUT2D eigenvalue weighted by atomic mass is 10.3. The van der Waals surface area contributed by atoms with Crippen molar-refractivity contribution in [2.75, 3.05) is 0 Å². The summed E-state index contributed by atoms with van der Waals surface area (Å²) in [6, 6.07) is 0. The topological polar surface area (TPSA) is 72.5 Å². The normalized spacial score (nSPS) is 10.3. The van der Waals surface area contributed by atoms with E-state index in [9.17, 15) is 14.4 Å². The maximum atomic E-state index is 10.9. The number of carbonyl (C=O) groups is 3. The van der Waals surface area contributed by atoms with Crippen LogP contribution in [0.2, 0.25) is 0 Å². The third-order valence-electron chi connectivity index (χ3n) is 1.51. The minimum Gasteiger partial charge on any atom is -0.442 e. The van der Waals surface area contributed by atoms with Gasteiger partial charge in [-0.15, -0.1) is 0 Å². The second-order valence-corrected chi connectivity index (χ2v) is 3.17. The van der Waals surface area contributed by atoms with Crippen LogP contribution in [-0.2, 0) is 19.1 Å². The van der Waals surface area contributed by atoms with Gasteiger partial charge in [-0.05, 0) is 6.08 Å². The average Bonchev–Trinajstić information content (AvgIpc) is 2.28. The molecule has 1 atom stereocenters. The van der Waals surface area contributed by atoms with E-state index in [4.69, 9.17) is 4.74 Å². The van der Waals surface area contributed by atoms with Crippen LogP contribution in [0.15, 0.2) is 12.7 Å². The van der Waals surface area contributed by atoms with Gasteiger partial charge in [0.05, 0.1) is 0 Å². The number of carbonyl (C=O) groups excluding carboxylic acids is 3. The minimum absolute atomic E-state index is 0.334. The molecule has 5 nitrogen and oxygen atoms in total. The Bertz CT molecular complexity index is 251. The standard InChI is InChI=1S/C9H15NO3.C3H6O/c1-4-6-9(13-7(3)11)10-8(12)5-2;1-2-3-4/h5,9H,2,4,6H2,1,3H3,(H,10,12);3H,2H2,1H3. The highest BCUT2D eigenvalue weighted by Gasteiger charge is 2.11. The molecule has 0 bridgehead atoms. The van der Waals surface area contributed by atoms with Crippen LogP contribution in [0.3, 0.4) is 0 Å². The molecule has 0 spiro atoms. The first-order chi connectivity index (χ1) is 8.01. The lowest BCUT2D eigenvalue weighted by molar-refractivity contribution is -0.149. The number of esters is 1. The van der Waals surface area contributed by atoms with E-state index in [1.165, 1.54) is 6.92 Å². The number of rotatable bonds is 6. The Balaban J connectivity index is 0. The van der Waals surface area contributed by atoms with Crippen molar-refractivity contribution in [1.82, 2.24) is 5.32 Å². The Morgan fingerprint density at radius 1 is 1.41 bits per heavy atom. The SMILES string of the molecule is C=CC(=O)NC(CCC)OC(C)=O.CCC=O. The van der Waals surface area contributed by atoms with Crippen LogP contribution < -0.4 is 5.32 Å². The molecule has 0 radical (unpaired) electrons. The van der Waals surface area contributed by atoms with E-state index in [-0.39, 0.29) is 5.91 Å². The van der Waals surface area contributed by atoms with Gasteiger partial charge in [0.1, 0.15) is 6.29 Å². The zero-order valence-corrected chi connectivity index (χ0v) is 10.7. The molecule has 1 N–H and O–H groups in total. The molecule has 0 heterocycles. The fourth-order valence-corrected chi connectivity index (χ4v) is 0.841. The van der Waals surface area contributed by atoms with Crippen molar-refractivity contribution in [2.24, 2.45) is 0 Å². The summed E-state index contributed by atoms with van der Waals surface area (Å²) in [7, 11) is 0. The fourth-order valence-electron chi connectivity index (χ4n) is 0.841. The molecule has 0 aliphatic carbocycles. The predicted octanol–water partition coefficient (Wildman–Crippen LogP) is 1.57.